The quantitative estimate of drug-likeness (QED) is 0.348. The molecule has 1 fully saturated rings. The monoisotopic (exact) mass is 404 g/mol. The third-order valence-corrected chi connectivity index (χ3v) is 5.76. The van der Waals surface area contributed by atoms with Crippen LogP contribution in [0, 0.1) is 11.7 Å². The standard InChI is InChI=1S/C27H29FO2/c1-2-29-23-16-14-22(15-17-23)25(21-12-13-21)10-6-7-20-11-18-26(28)27(19-20)30-24-8-4-3-5-9-24/h3-5,8-9,11,14-19,21,25H,2,6-7,10,12-13H2,1H3. The number of hydrogen-bond donors (Lipinski definition) is 0. The lowest BCUT2D eigenvalue weighted by Gasteiger charge is -2.17. The molecule has 0 aliphatic heterocycles. The molecule has 1 unspecified atom stereocenters. The van der Waals surface area contributed by atoms with Crippen LogP contribution in [0.1, 0.15) is 49.7 Å². The van der Waals surface area contributed by atoms with E-state index >= 15 is 0 Å². The fourth-order valence-electron chi connectivity index (χ4n) is 4.07. The van der Waals surface area contributed by atoms with Crippen molar-refractivity contribution in [2.75, 3.05) is 6.61 Å². The fraction of sp³-hybridized carbons (Fsp3) is 0.333. The minimum Gasteiger partial charge on any atom is -0.494 e. The Balaban J connectivity index is 1.37. The number of hydrogen-bond acceptors (Lipinski definition) is 2. The van der Waals surface area contributed by atoms with E-state index in [1.54, 1.807) is 0 Å². The van der Waals surface area contributed by atoms with Gasteiger partial charge in [0.25, 0.3) is 0 Å². The van der Waals surface area contributed by atoms with E-state index in [0.717, 1.165) is 36.5 Å². The van der Waals surface area contributed by atoms with E-state index in [-0.39, 0.29) is 5.82 Å². The van der Waals surface area contributed by atoms with E-state index in [1.807, 2.05) is 49.4 Å². The van der Waals surface area contributed by atoms with Gasteiger partial charge in [-0.1, -0.05) is 36.4 Å². The number of para-hydroxylation sites is 1. The number of rotatable bonds is 10. The normalized spacial score (nSPS) is 14.3. The maximum atomic E-state index is 14.2. The highest BCUT2D eigenvalue weighted by atomic mass is 19.1. The van der Waals surface area contributed by atoms with Crippen molar-refractivity contribution in [2.24, 2.45) is 5.92 Å². The molecule has 4 rings (SSSR count). The summed E-state index contributed by atoms with van der Waals surface area (Å²) in [5.41, 5.74) is 2.52. The molecule has 0 heterocycles. The maximum Gasteiger partial charge on any atom is 0.165 e. The molecule has 1 aliphatic carbocycles. The van der Waals surface area contributed by atoms with Gasteiger partial charge in [-0.15, -0.1) is 0 Å². The average Bonchev–Trinajstić information content (AvgIpc) is 3.60. The molecule has 2 nitrogen and oxygen atoms in total. The van der Waals surface area contributed by atoms with Crippen LogP contribution in [-0.2, 0) is 6.42 Å². The SMILES string of the molecule is CCOc1ccc(C(CCCc2ccc(F)c(Oc3ccccc3)c2)C2CC2)cc1. The van der Waals surface area contributed by atoms with Gasteiger partial charge in [0, 0.05) is 0 Å². The number of ether oxygens (including phenoxy) is 2. The summed E-state index contributed by atoms with van der Waals surface area (Å²) in [6.45, 7) is 2.70. The van der Waals surface area contributed by atoms with Crippen molar-refractivity contribution in [2.45, 2.75) is 44.9 Å². The molecule has 3 aromatic rings. The molecule has 156 valence electrons. The molecule has 3 aromatic carbocycles. The molecule has 0 aromatic heterocycles. The summed E-state index contributed by atoms with van der Waals surface area (Å²) in [6.07, 6.45) is 5.79. The van der Waals surface area contributed by atoms with Crippen LogP contribution < -0.4 is 9.47 Å². The molecule has 0 spiro atoms. The molecule has 0 amide bonds. The van der Waals surface area contributed by atoms with Gasteiger partial charge in [-0.05, 0) is 98.4 Å². The Kier molecular flexibility index (Phi) is 6.68. The lowest BCUT2D eigenvalue weighted by molar-refractivity contribution is 0.340. The molecule has 0 N–H and O–H groups in total. The average molecular weight is 405 g/mol. The zero-order valence-corrected chi connectivity index (χ0v) is 17.5. The van der Waals surface area contributed by atoms with Gasteiger partial charge >= 0.3 is 0 Å². The Morgan fingerprint density at radius 3 is 2.40 bits per heavy atom. The highest BCUT2D eigenvalue weighted by Crippen LogP contribution is 2.45. The first-order valence-electron chi connectivity index (χ1n) is 11.0. The predicted octanol–water partition coefficient (Wildman–Crippen LogP) is 7.53. The lowest BCUT2D eigenvalue weighted by Crippen LogP contribution is -2.03. The van der Waals surface area contributed by atoms with Crippen molar-refractivity contribution in [3.05, 3.63) is 89.7 Å². The van der Waals surface area contributed by atoms with Gasteiger partial charge in [-0.3, -0.25) is 0 Å². The van der Waals surface area contributed by atoms with Crippen molar-refractivity contribution < 1.29 is 13.9 Å². The minimum atomic E-state index is -0.326. The van der Waals surface area contributed by atoms with E-state index in [2.05, 4.69) is 24.3 Å². The van der Waals surface area contributed by atoms with Gasteiger partial charge in [-0.2, -0.15) is 0 Å². The molecule has 0 saturated heterocycles. The lowest BCUT2D eigenvalue weighted by atomic mass is 9.88. The van der Waals surface area contributed by atoms with E-state index in [0.29, 0.717) is 24.0 Å². The molecule has 3 heteroatoms. The van der Waals surface area contributed by atoms with Crippen molar-refractivity contribution in [3.8, 4) is 17.2 Å². The van der Waals surface area contributed by atoms with Crippen LogP contribution in [0.3, 0.4) is 0 Å². The summed E-state index contributed by atoms with van der Waals surface area (Å²) < 4.78 is 25.5. The second-order valence-corrected chi connectivity index (χ2v) is 8.02. The van der Waals surface area contributed by atoms with Gasteiger partial charge in [-0.25, -0.2) is 4.39 Å². The van der Waals surface area contributed by atoms with Crippen LogP contribution in [0.2, 0.25) is 0 Å². The Morgan fingerprint density at radius 1 is 0.933 bits per heavy atom. The molecule has 1 aliphatic rings. The largest absolute Gasteiger partial charge is 0.494 e. The number of benzene rings is 3. The summed E-state index contributed by atoms with van der Waals surface area (Å²) in [7, 11) is 0. The smallest absolute Gasteiger partial charge is 0.165 e. The second kappa shape index (κ2) is 9.80. The fourth-order valence-corrected chi connectivity index (χ4v) is 4.07. The summed E-state index contributed by atoms with van der Waals surface area (Å²) in [6, 6.07) is 23.2. The first kappa shape index (κ1) is 20.5. The summed E-state index contributed by atoms with van der Waals surface area (Å²) in [5.74, 6) is 2.96. The van der Waals surface area contributed by atoms with Crippen LogP contribution in [0.4, 0.5) is 4.39 Å². The van der Waals surface area contributed by atoms with Gasteiger partial charge in [0.15, 0.2) is 11.6 Å². The Morgan fingerprint density at radius 2 is 1.70 bits per heavy atom. The summed E-state index contributed by atoms with van der Waals surface area (Å²) in [5, 5.41) is 0. The Labute approximate surface area is 178 Å². The maximum absolute atomic E-state index is 14.2. The Bertz CT molecular complexity index is 933. The molecular formula is C27H29FO2. The van der Waals surface area contributed by atoms with Crippen molar-refractivity contribution in [1.82, 2.24) is 0 Å². The summed E-state index contributed by atoms with van der Waals surface area (Å²) in [4.78, 5) is 0. The van der Waals surface area contributed by atoms with Crippen molar-refractivity contribution in [1.29, 1.82) is 0 Å². The zero-order chi connectivity index (χ0) is 20.8. The minimum absolute atomic E-state index is 0.295. The van der Waals surface area contributed by atoms with Gasteiger partial charge in [0.05, 0.1) is 6.61 Å². The highest BCUT2D eigenvalue weighted by Gasteiger charge is 2.31. The molecule has 30 heavy (non-hydrogen) atoms. The molecular weight excluding hydrogens is 375 g/mol. The number of halogens is 1. The van der Waals surface area contributed by atoms with E-state index in [4.69, 9.17) is 9.47 Å². The third-order valence-electron chi connectivity index (χ3n) is 5.76. The van der Waals surface area contributed by atoms with E-state index in [1.165, 1.54) is 24.5 Å². The topological polar surface area (TPSA) is 18.5 Å². The first-order valence-corrected chi connectivity index (χ1v) is 11.0. The van der Waals surface area contributed by atoms with Crippen LogP contribution in [0.5, 0.6) is 17.2 Å². The second-order valence-electron chi connectivity index (χ2n) is 8.02. The summed E-state index contributed by atoms with van der Waals surface area (Å²) >= 11 is 0. The molecule has 0 radical (unpaired) electrons. The van der Waals surface area contributed by atoms with Gasteiger partial charge in [0.1, 0.15) is 11.5 Å². The number of aryl methyl sites for hydroxylation is 1. The van der Waals surface area contributed by atoms with Crippen LogP contribution in [0.25, 0.3) is 0 Å². The van der Waals surface area contributed by atoms with Crippen molar-refractivity contribution >= 4 is 0 Å². The molecule has 0 bridgehead atoms. The van der Waals surface area contributed by atoms with Gasteiger partial charge in [0.2, 0.25) is 0 Å². The highest BCUT2D eigenvalue weighted by molar-refractivity contribution is 5.35. The zero-order valence-electron chi connectivity index (χ0n) is 17.5. The van der Waals surface area contributed by atoms with Crippen LogP contribution in [-0.4, -0.2) is 6.61 Å². The first-order chi connectivity index (χ1) is 14.7. The van der Waals surface area contributed by atoms with Gasteiger partial charge < -0.3 is 9.47 Å². The van der Waals surface area contributed by atoms with E-state index in [9.17, 15) is 4.39 Å². The molecule has 1 saturated carbocycles. The van der Waals surface area contributed by atoms with Crippen molar-refractivity contribution in [3.63, 3.8) is 0 Å². The molecule has 1 atom stereocenters. The third kappa shape index (κ3) is 5.41. The Hall–Kier alpha value is -2.81. The van der Waals surface area contributed by atoms with Crippen LogP contribution in [0.15, 0.2) is 72.8 Å². The van der Waals surface area contributed by atoms with Crippen LogP contribution >= 0.6 is 0 Å². The van der Waals surface area contributed by atoms with E-state index < -0.39 is 0 Å². The predicted molar refractivity (Wildman–Crippen MR) is 119 cm³/mol.